The molecule has 110 valence electrons. The second-order valence-corrected chi connectivity index (χ2v) is 5.08. The standard InChI is InChI=1S/C19H22O2/c1-3-8-18(19(20)21-4-2)17-13-11-16(12-14-17)15-9-6-5-7-10-15/h5-7,9-14,18H,3-4,8H2,1-2H3. The van der Waals surface area contributed by atoms with Crippen molar-refractivity contribution in [2.75, 3.05) is 6.61 Å². The molecular weight excluding hydrogens is 260 g/mol. The van der Waals surface area contributed by atoms with Gasteiger partial charge in [0.05, 0.1) is 12.5 Å². The van der Waals surface area contributed by atoms with E-state index in [1.165, 1.54) is 11.1 Å². The lowest BCUT2D eigenvalue weighted by molar-refractivity contribution is -0.145. The zero-order chi connectivity index (χ0) is 15.1. The first-order chi connectivity index (χ1) is 10.3. The summed E-state index contributed by atoms with van der Waals surface area (Å²) in [5.41, 5.74) is 3.39. The molecule has 2 heteroatoms. The van der Waals surface area contributed by atoms with Gasteiger partial charge in [-0.3, -0.25) is 4.79 Å². The molecule has 0 bridgehead atoms. The van der Waals surface area contributed by atoms with E-state index in [2.05, 4.69) is 31.2 Å². The molecule has 2 aromatic rings. The Morgan fingerprint density at radius 2 is 1.57 bits per heavy atom. The fraction of sp³-hybridized carbons (Fsp3) is 0.316. The predicted octanol–water partition coefficient (Wildman–Crippen LogP) is 4.80. The van der Waals surface area contributed by atoms with Gasteiger partial charge in [0.2, 0.25) is 0 Å². The van der Waals surface area contributed by atoms with E-state index in [0.29, 0.717) is 6.61 Å². The van der Waals surface area contributed by atoms with Crippen LogP contribution in [-0.2, 0) is 9.53 Å². The number of rotatable bonds is 6. The van der Waals surface area contributed by atoms with E-state index >= 15 is 0 Å². The Morgan fingerprint density at radius 3 is 2.14 bits per heavy atom. The molecule has 0 saturated heterocycles. The van der Waals surface area contributed by atoms with Crippen LogP contribution in [0.3, 0.4) is 0 Å². The van der Waals surface area contributed by atoms with Crippen molar-refractivity contribution in [3.63, 3.8) is 0 Å². The average molecular weight is 282 g/mol. The van der Waals surface area contributed by atoms with E-state index in [4.69, 9.17) is 4.74 Å². The lowest BCUT2D eigenvalue weighted by Gasteiger charge is -2.15. The molecule has 2 rings (SSSR count). The molecule has 2 aromatic carbocycles. The highest BCUT2D eigenvalue weighted by molar-refractivity contribution is 5.78. The topological polar surface area (TPSA) is 26.3 Å². The molecule has 1 unspecified atom stereocenters. The fourth-order valence-corrected chi connectivity index (χ4v) is 2.49. The maximum absolute atomic E-state index is 12.1. The van der Waals surface area contributed by atoms with Crippen LogP contribution in [0.25, 0.3) is 11.1 Å². The van der Waals surface area contributed by atoms with E-state index in [0.717, 1.165) is 18.4 Å². The van der Waals surface area contributed by atoms with Gasteiger partial charge in [-0.1, -0.05) is 67.9 Å². The first-order valence-corrected chi connectivity index (χ1v) is 7.58. The molecule has 0 aromatic heterocycles. The number of benzene rings is 2. The lowest BCUT2D eigenvalue weighted by atomic mass is 9.93. The fourth-order valence-electron chi connectivity index (χ4n) is 2.49. The Kier molecular flexibility index (Phi) is 5.56. The Balaban J connectivity index is 2.21. The van der Waals surface area contributed by atoms with Crippen LogP contribution in [0.15, 0.2) is 54.6 Å². The minimum Gasteiger partial charge on any atom is -0.466 e. The van der Waals surface area contributed by atoms with Gasteiger partial charge in [-0.25, -0.2) is 0 Å². The highest BCUT2D eigenvalue weighted by Gasteiger charge is 2.20. The Labute approximate surface area is 126 Å². The van der Waals surface area contributed by atoms with Crippen LogP contribution in [0.5, 0.6) is 0 Å². The van der Waals surface area contributed by atoms with Crippen molar-refractivity contribution in [2.45, 2.75) is 32.6 Å². The van der Waals surface area contributed by atoms with Crippen LogP contribution < -0.4 is 0 Å². The van der Waals surface area contributed by atoms with Gasteiger partial charge in [0.25, 0.3) is 0 Å². The molecule has 0 heterocycles. The summed E-state index contributed by atoms with van der Waals surface area (Å²) in [7, 11) is 0. The molecule has 0 saturated carbocycles. The van der Waals surface area contributed by atoms with Gasteiger partial charge in [-0.05, 0) is 30.0 Å². The second-order valence-electron chi connectivity index (χ2n) is 5.08. The molecule has 0 radical (unpaired) electrons. The van der Waals surface area contributed by atoms with Crippen molar-refractivity contribution in [3.05, 3.63) is 60.2 Å². The quantitative estimate of drug-likeness (QED) is 0.711. The number of hydrogen-bond donors (Lipinski definition) is 0. The maximum atomic E-state index is 12.1. The molecule has 0 fully saturated rings. The van der Waals surface area contributed by atoms with Gasteiger partial charge in [0, 0.05) is 0 Å². The van der Waals surface area contributed by atoms with Crippen molar-refractivity contribution in [1.82, 2.24) is 0 Å². The van der Waals surface area contributed by atoms with Crippen LogP contribution >= 0.6 is 0 Å². The summed E-state index contributed by atoms with van der Waals surface area (Å²) in [5.74, 6) is -0.272. The first kappa shape index (κ1) is 15.3. The SMILES string of the molecule is CCCC(C(=O)OCC)c1ccc(-c2ccccc2)cc1. The normalized spacial score (nSPS) is 11.9. The van der Waals surface area contributed by atoms with Crippen molar-refractivity contribution in [2.24, 2.45) is 0 Å². The highest BCUT2D eigenvalue weighted by Crippen LogP contribution is 2.26. The number of carbonyl (C=O) groups is 1. The molecule has 0 spiro atoms. The number of esters is 1. The third-order valence-electron chi connectivity index (χ3n) is 3.57. The summed E-state index contributed by atoms with van der Waals surface area (Å²) in [6, 6.07) is 18.5. The summed E-state index contributed by atoms with van der Waals surface area (Å²) in [6.07, 6.45) is 1.79. The molecule has 0 amide bonds. The molecular formula is C19H22O2. The summed E-state index contributed by atoms with van der Waals surface area (Å²) in [4.78, 5) is 12.1. The van der Waals surface area contributed by atoms with Crippen LogP contribution in [0.4, 0.5) is 0 Å². The minimum absolute atomic E-state index is 0.119. The van der Waals surface area contributed by atoms with E-state index in [9.17, 15) is 4.79 Å². The Hall–Kier alpha value is -2.09. The maximum Gasteiger partial charge on any atom is 0.313 e. The lowest BCUT2D eigenvalue weighted by Crippen LogP contribution is -2.15. The van der Waals surface area contributed by atoms with E-state index in [1.54, 1.807) is 0 Å². The molecule has 0 aliphatic carbocycles. The summed E-state index contributed by atoms with van der Waals surface area (Å²) >= 11 is 0. The summed E-state index contributed by atoms with van der Waals surface area (Å²) in [5, 5.41) is 0. The summed E-state index contributed by atoms with van der Waals surface area (Å²) in [6.45, 7) is 4.37. The van der Waals surface area contributed by atoms with Gasteiger partial charge >= 0.3 is 5.97 Å². The molecule has 0 aliphatic rings. The van der Waals surface area contributed by atoms with Crippen LogP contribution in [0, 0.1) is 0 Å². The van der Waals surface area contributed by atoms with Gasteiger partial charge in [-0.2, -0.15) is 0 Å². The predicted molar refractivity (Wildman–Crippen MR) is 86.2 cm³/mol. The molecule has 0 N–H and O–H groups in total. The number of hydrogen-bond acceptors (Lipinski definition) is 2. The molecule has 0 aliphatic heterocycles. The summed E-state index contributed by atoms with van der Waals surface area (Å²) < 4.78 is 5.19. The van der Waals surface area contributed by atoms with Crippen LogP contribution in [0.2, 0.25) is 0 Å². The average Bonchev–Trinajstić information content (AvgIpc) is 2.54. The second kappa shape index (κ2) is 7.63. The highest BCUT2D eigenvalue weighted by atomic mass is 16.5. The van der Waals surface area contributed by atoms with E-state index in [1.807, 2.05) is 37.3 Å². The van der Waals surface area contributed by atoms with Crippen molar-refractivity contribution < 1.29 is 9.53 Å². The number of ether oxygens (including phenoxy) is 1. The first-order valence-electron chi connectivity index (χ1n) is 7.58. The van der Waals surface area contributed by atoms with Crippen molar-refractivity contribution >= 4 is 5.97 Å². The van der Waals surface area contributed by atoms with Gasteiger partial charge in [0.1, 0.15) is 0 Å². The zero-order valence-corrected chi connectivity index (χ0v) is 12.7. The van der Waals surface area contributed by atoms with Crippen LogP contribution in [-0.4, -0.2) is 12.6 Å². The van der Waals surface area contributed by atoms with Crippen molar-refractivity contribution in [3.8, 4) is 11.1 Å². The third-order valence-corrected chi connectivity index (χ3v) is 3.57. The Bertz CT molecular complexity index is 558. The van der Waals surface area contributed by atoms with Gasteiger partial charge in [0.15, 0.2) is 0 Å². The van der Waals surface area contributed by atoms with E-state index < -0.39 is 0 Å². The van der Waals surface area contributed by atoms with Crippen molar-refractivity contribution in [1.29, 1.82) is 0 Å². The molecule has 2 nitrogen and oxygen atoms in total. The molecule has 1 atom stereocenters. The van der Waals surface area contributed by atoms with Crippen LogP contribution in [0.1, 0.15) is 38.2 Å². The van der Waals surface area contributed by atoms with Gasteiger partial charge < -0.3 is 4.74 Å². The Morgan fingerprint density at radius 1 is 0.952 bits per heavy atom. The number of carbonyl (C=O) groups excluding carboxylic acids is 1. The van der Waals surface area contributed by atoms with Gasteiger partial charge in [-0.15, -0.1) is 0 Å². The zero-order valence-electron chi connectivity index (χ0n) is 12.7. The largest absolute Gasteiger partial charge is 0.466 e. The monoisotopic (exact) mass is 282 g/mol. The molecule has 21 heavy (non-hydrogen) atoms. The minimum atomic E-state index is -0.153. The third kappa shape index (κ3) is 3.94. The smallest absolute Gasteiger partial charge is 0.313 e. The van der Waals surface area contributed by atoms with E-state index in [-0.39, 0.29) is 11.9 Å².